The minimum absolute atomic E-state index is 0.00543. The van der Waals surface area contributed by atoms with E-state index < -0.39 is 0 Å². The van der Waals surface area contributed by atoms with E-state index in [-0.39, 0.29) is 17.3 Å². The van der Waals surface area contributed by atoms with Gasteiger partial charge >= 0.3 is 5.97 Å². The van der Waals surface area contributed by atoms with Crippen LogP contribution in [-0.2, 0) is 21.5 Å². The molecule has 2 aromatic rings. The first kappa shape index (κ1) is 22.0. The first-order chi connectivity index (χ1) is 16.0. The van der Waals surface area contributed by atoms with Crippen LogP contribution >= 0.6 is 0 Å². The van der Waals surface area contributed by atoms with Crippen molar-refractivity contribution in [3.63, 3.8) is 0 Å². The topological polar surface area (TPSA) is 59.1 Å². The molecule has 2 heterocycles. The van der Waals surface area contributed by atoms with Gasteiger partial charge in [-0.15, -0.1) is 0 Å². The zero-order valence-corrected chi connectivity index (χ0v) is 19.5. The summed E-state index contributed by atoms with van der Waals surface area (Å²) in [6.07, 6.45) is 5.25. The van der Waals surface area contributed by atoms with E-state index in [1.165, 1.54) is 24.7 Å². The minimum atomic E-state index is -0.308. The van der Waals surface area contributed by atoms with Gasteiger partial charge in [-0.25, -0.2) is 4.79 Å². The predicted molar refractivity (Wildman–Crippen MR) is 127 cm³/mol. The van der Waals surface area contributed by atoms with Crippen LogP contribution in [0.25, 0.3) is 0 Å². The summed E-state index contributed by atoms with van der Waals surface area (Å²) in [4.78, 5) is 29.4. The van der Waals surface area contributed by atoms with Gasteiger partial charge in [-0.1, -0.05) is 18.6 Å². The van der Waals surface area contributed by atoms with Gasteiger partial charge in [0.25, 0.3) is 0 Å². The first-order valence-corrected chi connectivity index (χ1v) is 11.9. The lowest BCUT2D eigenvalue weighted by molar-refractivity contribution is -0.124. The number of amides is 1. The summed E-state index contributed by atoms with van der Waals surface area (Å²) < 4.78 is 10.3. The number of fused-ring (bicyclic) bond motifs is 2. The number of benzene rings is 2. The van der Waals surface area contributed by atoms with Crippen molar-refractivity contribution in [2.24, 2.45) is 5.92 Å². The highest BCUT2D eigenvalue weighted by Gasteiger charge is 2.47. The molecule has 1 saturated carbocycles. The van der Waals surface area contributed by atoms with Crippen LogP contribution < -0.4 is 9.64 Å². The van der Waals surface area contributed by atoms with Crippen LogP contribution in [0.15, 0.2) is 42.5 Å². The van der Waals surface area contributed by atoms with Crippen molar-refractivity contribution in [3.8, 4) is 5.75 Å². The van der Waals surface area contributed by atoms with Crippen molar-refractivity contribution < 1.29 is 19.1 Å². The second-order valence-corrected chi connectivity index (χ2v) is 9.68. The summed E-state index contributed by atoms with van der Waals surface area (Å²) in [5, 5.41) is 0. The maximum absolute atomic E-state index is 13.2. The standard InChI is InChI=1S/C27H32N2O4/c1-32-22-10-11-24-23(16-22)27(18-29(24)25(30)20-4-3-5-20)12-14-28(15-13-27)17-19-6-8-21(9-7-19)26(31)33-2/h6-11,16,20H,3-5,12-15,17-18H2,1-2H3. The molecule has 3 aliphatic rings. The van der Waals surface area contributed by atoms with Gasteiger partial charge in [-0.05, 0) is 80.2 Å². The highest BCUT2D eigenvalue weighted by atomic mass is 16.5. The van der Waals surface area contributed by atoms with Gasteiger partial charge in [-0.3, -0.25) is 9.69 Å². The van der Waals surface area contributed by atoms with Gasteiger partial charge in [0.05, 0.1) is 19.8 Å². The van der Waals surface area contributed by atoms with E-state index in [1.54, 1.807) is 7.11 Å². The highest BCUT2D eigenvalue weighted by Crippen LogP contribution is 2.49. The summed E-state index contributed by atoms with van der Waals surface area (Å²) in [5.74, 6) is 1.05. The Bertz CT molecular complexity index is 1040. The zero-order chi connectivity index (χ0) is 23.0. The quantitative estimate of drug-likeness (QED) is 0.643. The van der Waals surface area contributed by atoms with Crippen molar-refractivity contribution in [1.82, 2.24) is 4.90 Å². The van der Waals surface area contributed by atoms with E-state index in [2.05, 4.69) is 21.9 Å². The summed E-state index contributed by atoms with van der Waals surface area (Å²) >= 11 is 0. The molecule has 0 aromatic heterocycles. The largest absolute Gasteiger partial charge is 0.497 e. The summed E-state index contributed by atoms with van der Waals surface area (Å²) in [6, 6.07) is 13.9. The average Bonchev–Trinajstić information content (AvgIpc) is 3.13. The van der Waals surface area contributed by atoms with Crippen molar-refractivity contribution in [2.75, 3.05) is 38.8 Å². The summed E-state index contributed by atoms with van der Waals surface area (Å²) in [7, 11) is 3.10. The van der Waals surface area contributed by atoms with Gasteiger partial charge in [0, 0.05) is 30.1 Å². The monoisotopic (exact) mass is 448 g/mol. The molecule has 33 heavy (non-hydrogen) atoms. The molecule has 1 spiro atoms. The Morgan fingerprint density at radius 3 is 2.36 bits per heavy atom. The Morgan fingerprint density at radius 1 is 1.03 bits per heavy atom. The number of anilines is 1. The van der Waals surface area contributed by atoms with Crippen molar-refractivity contribution in [1.29, 1.82) is 0 Å². The maximum atomic E-state index is 13.2. The Labute approximate surface area is 195 Å². The van der Waals surface area contributed by atoms with Gasteiger partial charge in [0.15, 0.2) is 0 Å². The Balaban J connectivity index is 1.31. The molecule has 0 unspecified atom stereocenters. The maximum Gasteiger partial charge on any atom is 0.337 e. The minimum Gasteiger partial charge on any atom is -0.497 e. The van der Waals surface area contributed by atoms with Crippen LogP contribution in [0.4, 0.5) is 5.69 Å². The molecule has 1 amide bonds. The van der Waals surface area contributed by atoms with E-state index in [0.717, 1.165) is 63.3 Å². The Kier molecular flexibility index (Phi) is 5.87. The summed E-state index contributed by atoms with van der Waals surface area (Å²) in [6.45, 7) is 3.58. The van der Waals surface area contributed by atoms with E-state index in [1.807, 2.05) is 30.3 Å². The van der Waals surface area contributed by atoms with Crippen LogP contribution in [0, 0.1) is 5.92 Å². The van der Waals surface area contributed by atoms with E-state index in [4.69, 9.17) is 9.47 Å². The number of carbonyl (C=O) groups excluding carboxylic acids is 2. The van der Waals surface area contributed by atoms with Crippen molar-refractivity contribution >= 4 is 17.6 Å². The molecule has 1 aliphatic carbocycles. The molecule has 6 nitrogen and oxygen atoms in total. The molecular weight excluding hydrogens is 416 g/mol. The SMILES string of the molecule is COC(=O)c1ccc(CN2CCC3(CC2)CN(C(=O)C2CCC2)c2ccc(OC)cc23)cc1. The number of esters is 1. The number of methoxy groups -OCH3 is 2. The van der Waals surface area contributed by atoms with Crippen LogP contribution in [0.3, 0.4) is 0 Å². The fraction of sp³-hybridized carbons (Fsp3) is 0.481. The number of carbonyl (C=O) groups is 2. The van der Waals surface area contributed by atoms with Crippen LogP contribution in [0.5, 0.6) is 5.75 Å². The second kappa shape index (κ2) is 8.82. The molecule has 0 bridgehead atoms. The molecule has 2 fully saturated rings. The van der Waals surface area contributed by atoms with E-state index in [9.17, 15) is 9.59 Å². The lowest BCUT2D eigenvalue weighted by Crippen LogP contribution is -2.47. The van der Waals surface area contributed by atoms with Crippen LogP contribution in [0.2, 0.25) is 0 Å². The predicted octanol–water partition coefficient (Wildman–Crippen LogP) is 4.16. The second-order valence-electron chi connectivity index (χ2n) is 9.68. The van der Waals surface area contributed by atoms with Crippen molar-refractivity contribution in [2.45, 2.75) is 44.1 Å². The van der Waals surface area contributed by atoms with Crippen LogP contribution in [-0.4, -0.2) is 50.6 Å². The fourth-order valence-electron chi connectivity index (χ4n) is 5.54. The van der Waals surface area contributed by atoms with Gasteiger partial charge in [0.1, 0.15) is 5.75 Å². The lowest BCUT2D eigenvalue weighted by atomic mass is 9.74. The highest BCUT2D eigenvalue weighted by molar-refractivity contribution is 5.98. The third-order valence-electron chi connectivity index (χ3n) is 7.84. The Hall–Kier alpha value is -2.86. The fourth-order valence-corrected chi connectivity index (χ4v) is 5.54. The third-order valence-corrected chi connectivity index (χ3v) is 7.84. The van der Waals surface area contributed by atoms with E-state index in [0.29, 0.717) is 11.5 Å². The number of ether oxygens (including phenoxy) is 2. The normalized spacial score (nSPS) is 19.8. The molecular formula is C27H32N2O4. The molecule has 0 radical (unpaired) electrons. The molecule has 2 aromatic carbocycles. The van der Waals surface area contributed by atoms with Gasteiger partial charge < -0.3 is 14.4 Å². The smallest absolute Gasteiger partial charge is 0.337 e. The molecule has 0 atom stereocenters. The number of piperidine rings is 1. The first-order valence-electron chi connectivity index (χ1n) is 11.9. The average molecular weight is 449 g/mol. The number of hydrogen-bond acceptors (Lipinski definition) is 5. The molecule has 2 aliphatic heterocycles. The molecule has 0 N–H and O–H groups in total. The van der Waals surface area contributed by atoms with E-state index >= 15 is 0 Å². The molecule has 1 saturated heterocycles. The van der Waals surface area contributed by atoms with Crippen LogP contribution in [0.1, 0.15) is 53.6 Å². The Morgan fingerprint density at radius 2 is 1.76 bits per heavy atom. The van der Waals surface area contributed by atoms with Gasteiger partial charge in [0.2, 0.25) is 5.91 Å². The summed E-state index contributed by atoms with van der Waals surface area (Å²) in [5.41, 5.74) is 4.12. The zero-order valence-electron chi connectivity index (χ0n) is 19.5. The number of rotatable bonds is 5. The lowest BCUT2D eigenvalue weighted by Gasteiger charge is -2.40. The van der Waals surface area contributed by atoms with Crippen molar-refractivity contribution in [3.05, 3.63) is 59.2 Å². The van der Waals surface area contributed by atoms with Gasteiger partial charge in [-0.2, -0.15) is 0 Å². The third kappa shape index (κ3) is 4.01. The molecule has 174 valence electrons. The molecule has 6 heteroatoms. The molecule has 5 rings (SSSR count). The number of hydrogen-bond donors (Lipinski definition) is 0. The number of likely N-dealkylation sites (tertiary alicyclic amines) is 1. The number of nitrogens with zero attached hydrogens (tertiary/aromatic N) is 2.